The number of thiophene rings is 1. The molecule has 3 fully saturated rings. The van der Waals surface area contributed by atoms with E-state index in [2.05, 4.69) is 13.0 Å². The van der Waals surface area contributed by atoms with Gasteiger partial charge in [0.15, 0.2) is 0 Å². The molecule has 1 N–H and O–H groups in total. The summed E-state index contributed by atoms with van der Waals surface area (Å²) in [6.45, 7) is 3.05. The maximum atomic E-state index is 14.1. The lowest BCUT2D eigenvalue weighted by Crippen LogP contribution is -2.48. The first-order chi connectivity index (χ1) is 17.3. The first-order valence-electron chi connectivity index (χ1n) is 13.9. The first kappa shape index (κ1) is 25.5. The quantitative estimate of drug-likeness (QED) is 0.498. The second kappa shape index (κ2) is 10.3. The Kier molecular flexibility index (Phi) is 7.30. The van der Waals surface area contributed by atoms with Crippen molar-refractivity contribution in [1.29, 1.82) is 0 Å². The van der Waals surface area contributed by atoms with Crippen LogP contribution in [-0.4, -0.2) is 47.4 Å². The van der Waals surface area contributed by atoms with Gasteiger partial charge in [-0.25, -0.2) is 4.79 Å². The monoisotopic (exact) mass is 512 g/mol. The molecule has 2 heterocycles. The summed E-state index contributed by atoms with van der Waals surface area (Å²) in [7, 11) is 1.88. The summed E-state index contributed by atoms with van der Waals surface area (Å²) in [5, 5.41) is 10.2. The van der Waals surface area contributed by atoms with E-state index in [1.807, 2.05) is 22.9 Å². The summed E-state index contributed by atoms with van der Waals surface area (Å²) in [5.41, 5.74) is 1.85. The van der Waals surface area contributed by atoms with Gasteiger partial charge in [-0.05, 0) is 100 Å². The van der Waals surface area contributed by atoms with Gasteiger partial charge in [0.05, 0.1) is 5.69 Å². The van der Waals surface area contributed by atoms with Crippen LogP contribution in [0.25, 0.3) is 5.57 Å². The van der Waals surface area contributed by atoms with Crippen LogP contribution in [-0.2, 0) is 9.59 Å². The van der Waals surface area contributed by atoms with Gasteiger partial charge in [0.2, 0.25) is 11.8 Å². The molecule has 1 saturated heterocycles. The van der Waals surface area contributed by atoms with Crippen molar-refractivity contribution < 1.29 is 19.5 Å². The third-order valence-corrected chi connectivity index (χ3v) is 10.5. The van der Waals surface area contributed by atoms with Crippen molar-refractivity contribution in [1.82, 2.24) is 4.90 Å². The van der Waals surface area contributed by atoms with Crippen molar-refractivity contribution in [3.63, 3.8) is 0 Å². The lowest BCUT2D eigenvalue weighted by atomic mass is 9.71. The molecule has 196 valence electrons. The molecule has 36 heavy (non-hydrogen) atoms. The van der Waals surface area contributed by atoms with Crippen LogP contribution >= 0.6 is 11.3 Å². The number of likely N-dealkylation sites (tertiary alicyclic amines) is 1. The van der Waals surface area contributed by atoms with Crippen molar-refractivity contribution in [2.24, 2.45) is 17.3 Å². The Morgan fingerprint density at radius 1 is 1.11 bits per heavy atom. The van der Waals surface area contributed by atoms with E-state index >= 15 is 0 Å². The van der Waals surface area contributed by atoms with E-state index in [1.54, 1.807) is 0 Å². The zero-order valence-corrected chi connectivity index (χ0v) is 22.6. The highest BCUT2D eigenvalue weighted by molar-refractivity contribution is 7.15. The van der Waals surface area contributed by atoms with Crippen LogP contribution in [0.4, 0.5) is 5.69 Å². The summed E-state index contributed by atoms with van der Waals surface area (Å²) in [6.07, 6.45) is 14.5. The smallest absolute Gasteiger partial charge is 0.348 e. The number of rotatable bonds is 5. The van der Waals surface area contributed by atoms with Crippen LogP contribution in [0.3, 0.4) is 0 Å². The van der Waals surface area contributed by atoms with Crippen molar-refractivity contribution in [2.45, 2.75) is 96.4 Å². The van der Waals surface area contributed by atoms with Gasteiger partial charge in [-0.2, -0.15) is 0 Å². The molecule has 7 heteroatoms. The molecule has 1 aromatic heterocycles. The standard InChI is InChI=1S/C29H40N2O4S/c1-19-8-10-21(11-9-19)27(33)31(22-12-14-29(15-13-22)17-25(32)30(2)18-29)23-16-24(36-26(23)28(34)35)20-6-4-3-5-7-20/h6,16,19,21-22H,3-5,7-15,17-18H2,1-2H3,(H,34,35)/t19-,21-,22-,29+. The highest BCUT2D eigenvalue weighted by atomic mass is 32.1. The minimum Gasteiger partial charge on any atom is -0.477 e. The largest absolute Gasteiger partial charge is 0.477 e. The predicted molar refractivity (Wildman–Crippen MR) is 143 cm³/mol. The van der Waals surface area contributed by atoms with Gasteiger partial charge < -0.3 is 14.9 Å². The molecule has 2 amide bonds. The Hall–Kier alpha value is -2.15. The highest BCUT2D eigenvalue weighted by Crippen LogP contribution is 2.47. The first-order valence-corrected chi connectivity index (χ1v) is 14.7. The number of hydrogen-bond acceptors (Lipinski definition) is 4. The third kappa shape index (κ3) is 5.00. The lowest BCUT2D eigenvalue weighted by Gasteiger charge is -2.42. The maximum Gasteiger partial charge on any atom is 0.348 e. The van der Waals surface area contributed by atoms with Crippen LogP contribution in [0.15, 0.2) is 12.1 Å². The molecule has 0 radical (unpaired) electrons. The predicted octanol–water partition coefficient (Wildman–Crippen LogP) is 6.35. The Morgan fingerprint density at radius 2 is 1.83 bits per heavy atom. The number of hydrogen-bond donors (Lipinski definition) is 1. The molecule has 1 spiro atoms. The van der Waals surface area contributed by atoms with E-state index in [4.69, 9.17) is 0 Å². The molecule has 0 unspecified atom stereocenters. The molecule has 0 bridgehead atoms. The van der Waals surface area contributed by atoms with Crippen LogP contribution < -0.4 is 4.90 Å². The topological polar surface area (TPSA) is 77.9 Å². The fourth-order valence-electron chi connectivity index (χ4n) is 7.04. The average molecular weight is 513 g/mol. The number of nitrogens with zero attached hydrogens (tertiary/aromatic N) is 2. The van der Waals surface area contributed by atoms with Crippen LogP contribution in [0.2, 0.25) is 0 Å². The van der Waals surface area contributed by atoms with Crippen LogP contribution in [0, 0.1) is 17.3 Å². The summed E-state index contributed by atoms with van der Waals surface area (Å²) < 4.78 is 0. The molecule has 2 saturated carbocycles. The molecule has 0 atom stereocenters. The van der Waals surface area contributed by atoms with Crippen molar-refractivity contribution in [2.75, 3.05) is 18.5 Å². The van der Waals surface area contributed by atoms with E-state index in [-0.39, 0.29) is 29.2 Å². The second-order valence-electron chi connectivity index (χ2n) is 11.9. The number of anilines is 1. The normalized spacial score (nSPS) is 30.9. The van der Waals surface area contributed by atoms with E-state index in [1.165, 1.54) is 23.3 Å². The molecular weight excluding hydrogens is 472 g/mol. The van der Waals surface area contributed by atoms with Crippen molar-refractivity contribution in [3.05, 3.63) is 21.9 Å². The summed E-state index contributed by atoms with van der Waals surface area (Å²) in [6, 6.07) is 2.00. The number of carbonyl (C=O) groups is 3. The molecule has 6 nitrogen and oxygen atoms in total. The van der Waals surface area contributed by atoms with Gasteiger partial charge in [0.1, 0.15) is 4.88 Å². The molecule has 1 aliphatic heterocycles. The lowest BCUT2D eigenvalue weighted by molar-refractivity contribution is -0.127. The molecular formula is C29H40N2O4S. The van der Waals surface area contributed by atoms with E-state index in [0.717, 1.165) is 82.1 Å². The third-order valence-electron chi connectivity index (χ3n) is 9.28. The highest BCUT2D eigenvalue weighted by Gasteiger charge is 2.46. The van der Waals surface area contributed by atoms with Gasteiger partial charge in [-0.1, -0.05) is 13.0 Å². The van der Waals surface area contributed by atoms with Crippen molar-refractivity contribution in [3.8, 4) is 0 Å². The zero-order chi connectivity index (χ0) is 25.4. The number of allylic oxidation sites excluding steroid dienone is 2. The van der Waals surface area contributed by atoms with Crippen LogP contribution in [0.5, 0.6) is 0 Å². The number of aromatic carboxylic acids is 1. The van der Waals surface area contributed by atoms with Crippen molar-refractivity contribution >= 4 is 40.4 Å². The zero-order valence-electron chi connectivity index (χ0n) is 21.8. The average Bonchev–Trinajstić information content (AvgIpc) is 3.43. The van der Waals surface area contributed by atoms with E-state index in [9.17, 15) is 19.5 Å². The Balaban J connectivity index is 1.46. The Morgan fingerprint density at radius 3 is 2.42 bits per heavy atom. The minimum atomic E-state index is -0.942. The molecule has 4 aliphatic rings. The molecule has 3 aliphatic carbocycles. The number of carbonyl (C=O) groups excluding carboxylic acids is 2. The van der Waals surface area contributed by atoms with Gasteiger partial charge in [0, 0.05) is 36.9 Å². The molecule has 0 aromatic carbocycles. The summed E-state index contributed by atoms with van der Waals surface area (Å²) in [4.78, 5) is 43.9. The van der Waals surface area contributed by atoms with Gasteiger partial charge in [-0.15, -0.1) is 11.3 Å². The van der Waals surface area contributed by atoms with E-state index in [0.29, 0.717) is 22.9 Å². The number of carboxylic acid groups (broad SMARTS) is 1. The summed E-state index contributed by atoms with van der Waals surface area (Å²) >= 11 is 1.34. The second-order valence-corrected chi connectivity index (χ2v) is 13.0. The Labute approximate surface area is 218 Å². The maximum absolute atomic E-state index is 14.1. The Bertz CT molecular complexity index is 1040. The fraction of sp³-hybridized carbons (Fsp3) is 0.690. The minimum absolute atomic E-state index is 0.00984. The molecule has 5 rings (SSSR count). The molecule has 1 aromatic rings. The number of carboxylic acids is 1. The van der Waals surface area contributed by atoms with Gasteiger partial charge in [0.25, 0.3) is 0 Å². The summed E-state index contributed by atoms with van der Waals surface area (Å²) in [5.74, 6) is 0.00809. The SMILES string of the molecule is CN1C[C@]2(CC[C@@H](N(c3cc(C4=CCCCC4)sc3C(=O)O)C(=O)[C@H]3CC[C@H](C)CC3)CC2)CC1=O. The fourth-order valence-corrected chi connectivity index (χ4v) is 8.10. The van der Waals surface area contributed by atoms with Gasteiger partial charge >= 0.3 is 5.97 Å². The van der Waals surface area contributed by atoms with E-state index < -0.39 is 5.97 Å². The van der Waals surface area contributed by atoms with Crippen LogP contribution in [0.1, 0.15) is 105 Å². The number of amides is 2. The van der Waals surface area contributed by atoms with Gasteiger partial charge in [-0.3, -0.25) is 9.59 Å².